The molecule has 0 amide bonds. The van der Waals surface area contributed by atoms with Crippen LogP contribution in [0.2, 0.25) is 0 Å². The standard InChI is InChI=1S/C12H26N2O/c1-11(2)14(7-8-15)10-12-5-4-6-13(3)9-12/h11-12,15H,4-10H2,1-3H3/t12-/m0/s1. The van der Waals surface area contributed by atoms with E-state index in [1.54, 1.807) is 0 Å². The molecular weight excluding hydrogens is 188 g/mol. The molecule has 0 radical (unpaired) electrons. The van der Waals surface area contributed by atoms with E-state index in [2.05, 4.69) is 30.7 Å². The maximum atomic E-state index is 9.01. The second-order valence-electron chi connectivity index (χ2n) is 5.08. The van der Waals surface area contributed by atoms with Crippen molar-refractivity contribution in [3.63, 3.8) is 0 Å². The van der Waals surface area contributed by atoms with Crippen LogP contribution in [0.5, 0.6) is 0 Å². The van der Waals surface area contributed by atoms with Crippen molar-refractivity contribution in [2.75, 3.05) is 39.8 Å². The summed E-state index contributed by atoms with van der Waals surface area (Å²) in [4.78, 5) is 4.81. The molecule has 0 aliphatic carbocycles. The largest absolute Gasteiger partial charge is 0.395 e. The van der Waals surface area contributed by atoms with E-state index >= 15 is 0 Å². The van der Waals surface area contributed by atoms with Crippen molar-refractivity contribution in [1.82, 2.24) is 9.80 Å². The number of nitrogens with zero attached hydrogens (tertiary/aromatic N) is 2. The van der Waals surface area contributed by atoms with Crippen molar-refractivity contribution in [2.24, 2.45) is 5.92 Å². The molecule has 0 bridgehead atoms. The lowest BCUT2D eigenvalue weighted by atomic mass is 9.97. The first kappa shape index (κ1) is 12.9. The Morgan fingerprint density at radius 3 is 2.73 bits per heavy atom. The topological polar surface area (TPSA) is 26.7 Å². The predicted molar refractivity (Wildman–Crippen MR) is 64.0 cm³/mol. The smallest absolute Gasteiger partial charge is 0.0558 e. The highest BCUT2D eigenvalue weighted by atomic mass is 16.3. The zero-order valence-electron chi connectivity index (χ0n) is 10.4. The van der Waals surface area contributed by atoms with Gasteiger partial charge in [0.2, 0.25) is 0 Å². The third-order valence-corrected chi connectivity index (χ3v) is 3.33. The normalized spacial score (nSPS) is 24.0. The molecule has 15 heavy (non-hydrogen) atoms. The van der Waals surface area contributed by atoms with Crippen LogP contribution in [0, 0.1) is 5.92 Å². The molecule has 1 rings (SSSR count). The predicted octanol–water partition coefficient (Wildman–Crippen LogP) is 1.03. The van der Waals surface area contributed by atoms with Gasteiger partial charge in [0.25, 0.3) is 0 Å². The van der Waals surface area contributed by atoms with Crippen LogP contribution in [0.1, 0.15) is 26.7 Å². The lowest BCUT2D eigenvalue weighted by Crippen LogP contribution is -2.42. The van der Waals surface area contributed by atoms with Gasteiger partial charge in [-0.15, -0.1) is 0 Å². The summed E-state index contributed by atoms with van der Waals surface area (Å²) in [5.41, 5.74) is 0. The number of hydrogen-bond acceptors (Lipinski definition) is 3. The second kappa shape index (κ2) is 6.46. The number of rotatable bonds is 5. The fourth-order valence-electron chi connectivity index (χ4n) is 2.44. The zero-order valence-corrected chi connectivity index (χ0v) is 10.4. The van der Waals surface area contributed by atoms with Crippen LogP contribution in [0.15, 0.2) is 0 Å². The Kier molecular flexibility index (Phi) is 5.58. The van der Waals surface area contributed by atoms with Gasteiger partial charge >= 0.3 is 0 Å². The molecule has 1 aliphatic heterocycles. The fraction of sp³-hybridized carbons (Fsp3) is 1.00. The van der Waals surface area contributed by atoms with Gasteiger partial charge in [0.1, 0.15) is 0 Å². The summed E-state index contributed by atoms with van der Waals surface area (Å²) in [6.07, 6.45) is 2.67. The van der Waals surface area contributed by atoms with E-state index in [0.717, 1.165) is 19.0 Å². The Morgan fingerprint density at radius 2 is 2.20 bits per heavy atom. The van der Waals surface area contributed by atoms with Gasteiger partial charge < -0.3 is 10.0 Å². The molecule has 1 N–H and O–H groups in total. The highest BCUT2D eigenvalue weighted by Crippen LogP contribution is 2.17. The van der Waals surface area contributed by atoms with Gasteiger partial charge in [0.15, 0.2) is 0 Å². The molecule has 1 atom stereocenters. The summed E-state index contributed by atoms with van der Waals surface area (Å²) in [6.45, 7) is 9.12. The summed E-state index contributed by atoms with van der Waals surface area (Å²) in [7, 11) is 2.21. The van der Waals surface area contributed by atoms with Crippen molar-refractivity contribution in [1.29, 1.82) is 0 Å². The number of piperidine rings is 1. The van der Waals surface area contributed by atoms with Crippen LogP contribution in [0.4, 0.5) is 0 Å². The van der Waals surface area contributed by atoms with Gasteiger partial charge in [0.05, 0.1) is 6.61 Å². The molecule has 1 heterocycles. The lowest BCUT2D eigenvalue weighted by molar-refractivity contribution is 0.112. The Bertz CT molecular complexity index is 173. The Labute approximate surface area is 94.1 Å². The quantitative estimate of drug-likeness (QED) is 0.740. The zero-order chi connectivity index (χ0) is 11.3. The van der Waals surface area contributed by atoms with Gasteiger partial charge in [-0.3, -0.25) is 4.90 Å². The van der Waals surface area contributed by atoms with Crippen LogP contribution >= 0.6 is 0 Å². The molecule has 0 spiro atoms. The molecule has 3 heteroatoms. The summed E-state index contributed by atoms with van der Waals surface area (Å²) >= 11 is 0. The number of likely N-dealkylation sites (tertiary alicyclic amines) is 1. The third-order valence-electron chi connectivity index (χ3n) is 3.33. The maximum absolute atomic E-state index is 9.01. The Balaban J connectivity index is 2.35. The molecule has 1 fully saturated rings. The number of aliphatic hydroxyl groups is 1. The first-order valence-electron chi connectivity index (χ1n) is 6.17. The van der Waals surface area contributed by atoms with Crippen LogP contribution in [0.25, 0.3) is 0 Å². The van der Waals surface area contributed by atoms with E-state index in [4.69, 9.17) is 5.11 Å². The van der Waals surface area contributed by atoms with E-state index in [1.807, 2.05) is 0 Å². The van der Waals surface area contributed by atoms with Crippen molar-refractivity contribution in [2.45, 2.75) is 32.7 Å². The minimum Gasteiger partial charge on any atom is -0.395 e. The molecule has 1 aliphatic rings. The molecule has 0 aromatic carbocycles. The van der Waals surface area contributed by atoms with Gasteiger partial charge in [-0.2, -0.15) is 0 Å². The van der Waals surface area contributed by atoms with Crippen molar-refractivity contribution < 1.29 is 5.11 Å². The van der Waals surface area contributed by atoms with Gasteiger partial charge in [0, 0.05) is 25.7 Å². The van der Waals surface area contributed by atoms with Gasteiger partial charge in [-0.1, -0.05) is 0 Å². The maximum Gasteiger partial charge on any atom is 0.0558 e. The van der Waals surface area contributed by atoms with Crippen LogP contribution in [0.3, 0.4) is 0 Å². The first-order chi connectivity index (χ1) is 7.13. The molecule has 0 aromatic heterocycles. The molecule has 0 aromatic rings. The summed E-state index contributed by atoms with van der Waals surface area (Å²) in [5.74, 6) is 0.790. The van der Waals surface area contributed by atoms with Crippen LogP contribution in [-0.4, -0.2) is 60.8 Å². The molecule has 1 saturated heterocycles. The summed E-state index contributed by atoms with van der Waals surface area (Å²) < 4.78 is 0. The molecule has 90 valence electrons. The van der Waals surface area contributed by atoms with E-state index in [1.165, 1.54) is 25.9 Å². The second-order valence-corrected chi connectivity index (χ2v) is 5.08. The molecule has 3 nitrogen and oxygen atoms in total. The van der Waals surface area contributed by atoms with E-state index in [9.17, 15) is 0 Å². The minimum absolute atomic E-state index is 0.279. The van der Waals surface area contributed by atoms with Crippen LogP contribution < -0.4 is 0 Å². The van der Waals surface area contributed by atoms with Crippen LogP contribution in [-0.2, 0) is 0 Å². The first-order valence-corrected chi connectivity index (χ1v) is 6.17. The minimum atomic E-state index is 0.279. The Hall–Kier alpha value is -0.120. The average Bonchev–Trinajstić information content (AvgIpc) is 2.17. The van der Waals surface area contributed by atoms with E-state index in [0.29, 0.717) is 6.04 Å². The van der Waals surface area contributed by atoms with Crippen molar-refractivity contribution in [3.8, 4) is 0 Å². The molecule has 0 unspecified atom stereocenters. The van der Waals surface area contributed by atoms with Crippen molar-refractivity contribution >= 4 is 0 Å². The summed E-state index contributed by atoms with van der Waals surface area (Å²) in [6, 6.07) is 0.546. The molecule has 0 saturated carbocycles. The van der Waals surface area contributed by atoms with E-state index in [-0.39, 0.29) is 6.61 Å². The highest BCUT2D eigenvalue weighted by Gasteiger charge is 2.20. The van der Waals surface area contributed by atoms with Crippen molar-refractivity contribution in [3.05, 3.63) is 0 Å². The summed E-state index contributed by atoms with van der Waals surface area (Å²) in [5, 5.41) is 9.01. The SMILES string of the molecule is CC(C)N(CCO)C[C@H]1CCCN(C)C1. The average molecular weight is 214 g/mol. The third kappa shape index (κ3) is 4.49. The number of hydrogen-bond donors (Lipinski definition) is 1. The van der Waals surface area contributed by atoms with Gasteiger partial charge in [-0.05, 0) is 46.2 Å². The monoisotopic (exact) mass is 214 g/mol. The number of aliphatic hydroxyl groups excluding tert-OH is 1. The lowest BCUT2D eigenvalue weighted by Gasteiger charge is -2.35. The fourth-order valence-corrected chi connectivity index (χ4v) is 2.44. The highest BCUT2D eigenvalue weighted by molar-refractivity contribution is 4.75. The Morgan fingerprint density at radius 1 is 1.47 bits per heavy atom. The van der Waals surface area contributed by atoms with E-state index < -0.39 is 0 Å². The van der Waals surface area contributed by atoms with Gasteiger partial charge in [-0.25, -0.2) is 0 Å². The molecular formula is C12H26N2O.